The molecule has 6 nitrogen and oxygen atoms in total. The van der Waals surface area contributed by atoms with Crippen LogP contribution in [0.1, 0.15) is 17.7 Å². The first-order chi connectivity index (χ1) is 10.6. The molecular formula is C13H13F4N5O. The van der Waals surface area contributed by atoms with Crippen LogP contribution in [0.15, 0.2) is 18.0 Å². The van der Waals surface area contributed by atoms with E-state index in [0.29, 0.717) is 0 Å². The molecule has 0 aromatic carbocycles. The lowest BCUT2D eigenvalue weighted by Crippen LogP contribution is -2.14. The van der Waals surface area contributed by atoms with Crippen LogP contribution >= 0.6 is 0 Å². The van der Waals surface area contributed by atoms with E-state index in [0.717, 1.165) is 6.20 Å². The van der Waals surface area contributed by atoms with Crippen molar-refractivity contribution in [3.05, 3.63) is 29.2 Å². The van der Waals surface area contributed by atoms with Crippen LogP contribution < -0.4 is 0 Å². The van der Waals surface area contributed by atoms with Gasteiger partial charge in [0.2, 0.25) is 5.78 Å². The van der Waals surface area contributed by atoms with Gasteiger partial charge in [0.25, 0.3) is 6.43 Å². The molecule has 0 fully saturated rings. The number of nitriles is 2. The van der Waals surface area contributed by atoms with E-state index in [1.807, 2.05) is 0 Å². The summed E-state index contributed by atoms with van der Waals surface area (Å²) in [5.41, 5.74) is -1.05. The quantitative estimate of drug-likeness (QED) is 0.479. The smallest absolute Gasteiger partial charge is 0.301 e. The van der Waals surface area contributed by atoms with E-state index in [-0.39, 0.29) is 5.56 Å². The average molecular weight is 331 g/mol. The van der Waals surface area contributed by atoms with Crippen LogP contribution in [0.4, 0.5) is 17.6 Å². The van der Waals surface area contributed by atoms with Crippen LogP contribution in [0.3, 0.4) is 0 Å². The lowest BCUT2D eigenvalue weighted by Gasteiger charge is -2.04. The summed E-state index contributed by atoms with van der Waals surface area (Å²) < 4.78 is 48.7. The van der Waals surface area contributed by atoms with Gasteiger partial charge in [0.05, 0.1) is 5.56 Å². The summed E-state index contributed by atoms with van der Waals surface area (Å²) in [4.78, 5) is 11.9. The zero-order valence-corrected chi connectivity index (χ0v) is 12.5. The monoisotopic (exact) mass is 331 g/mol. The minimum atomic E-state index is -3.11. The number of nitrogens with zero attached hydrogens (tertiary/aromatic N) is 5. The first-order valence-electron chi connectivity index (χ1n) is 5.96. The normalized spacial score (nSPS) is 10.7. The van der Waals surface area contributed by atoms with Gasteiger partial charge >= 0.3 is 6.43 Å². The number of rotatable bonds is 4. The molecule has 0 N–H and O–H groups in total. The van der Waals surface area contributed by atoms with Gasteiger partial charge in [-0.05, 0) is 0 Å². The Balaban J connectivity index is 0.000000422. The van der Waals surface area contributed by atoms with Crippen molar-refractivity contribution in [2.45, 2.75) is 12.9 Å². The number of aryl methyl sites for hydroxylation is 1. The Morgan fingerprint density at radius 3 is 2.22 bits per heavy atom. The van der Waals surface area contributed by atoms with Crippen molar-refractivity contribution in [2.75, 3.05) is 14.1 Å². The fraction of sp³-hybridized carbons (Fsp3) is 0.385. The summed E-state index contributed by atoms with van der Waals surface area (Å²) >= 11 is 0. The third kappa shape index (κ3) is 6.61. The molecule has 0 aliphatic heterocycles. The third-order valence-corrected chi connectivity index (χ3v) is 2.16. The van der Waals surface area contributed by atoms with Crippen molar-refractivity contribution in [1.29, 1.82) is 10.5 Å². The molecule has 0 aliphatic rings. The number of allylic oxidation sites excluding steroid dienone is 1. The Hall–Kier alpha value is -2.88. The highest BCUT2D eigenvalue weighted by Gasteiger charge is 2.20. The van der Waals surface area contributed by atoms with Crippen LogP contribution in [0.25, 0.3) is 0 Å². The summed E-state index contributed by atoms with van der Waals surface area (Å²) in [7, 11) is 4.57. The van der Waals surface area contributed by atoms with Crippen molar-refractivity contribution in [3.8, 4) is 12.1 Å². The summed E-state index contributed by atoms with van der Waals surface area (Å²) in [6.45, 7) is 0. The van der Waals surface area contributed by atoms with E-state index >= 15 is 0 Å². The molecule has 1 heterocycles. The van der Waals surface area contributed by atoms with E-state index in [2.05, 4.69) is 5.10 Å². The lowest BCUT2D eigenvalue weighted by molar-refractivity contribution is -0.125. The predicted molar refractivity (Wildman–Crippen MR) is 71.3 cm³/mol. The third-order valence-electron chi connectivity index (χ3n) is 2.16. The van der Waals surface area contributed by atoms with Gasteiger partial charge in [0.15, 0.2) is 0 Å². The topological polar surface area (TPSA) is 85.7 Å². The van der Waals surface area contributed by atoms with Crippen molar-refractivity contribution < 1.29 is 22.4 Å². The molecule has 0 bridgehead atoms. The van der Waals surface area contributed by atoms with Crippen molar-refractivity contribution in [1.82, 2.24) is 14.7 Å². The number of hydrogen-bond donors (Lipinski definition) is 0. The summed E-state index contributed by atoms with van der Waals surface area (Å²) in [5.74, 6) is -1.44. The van der Waals surface area contributed by atoms with Crippen molar-refractivity contribution in [3.63, 3.8) is 0 Å². The maximum absolute atomic E-state index is 12.0. The van der Waals surface area contributed by atoms with Gasteiger partial charge in [0.1, 0.15) is 23.4 Å². The first kappa shape index (κ1) is 20.1. The van der Waals surface area contributed by atoms with E-state index in [4.69, 9.17) is 10.5 Å². The Morgan fingerprint density at radius 1 is 1.35 bits per heavy atom. The largest absolute Gasteiger partial charge is 0.382 e. The molecule has 1 aromatic rings. The molecule has 0 radical (unpaired) electrons. The number of ketones is 1. The number of carbonyl (C=O) groups excluding carboxylic acids is 1. The second-order valence-corrected chi connectivity index (χ2v) is 4.30. The highest BCUT2D eigenvalue weighted by Crippen LogP contribution is 2.19. The number of hydrogen-bond acceptors (Lipinski definition) is 5. The molecule has 0 saturated heterocycles. The Morgan fingerprint density at radius 2 is 1.91 bits per heavy atom. The maximum Gasteiger partial charge on any atom is 0.301 e. The van der Waals surface area contributed by atoms with Gasteiger partial charge < -0.3 is 4.90 Å². The molecule has 0 unspecified atom stereocenters. The molecule has 0 saturated carbocycles. The van der Waals surface area contributed by atoms with Crippen LogP contribution in [-0.2, 0) is 11.8 Å². The Kier molecular flexibility index (Phi) is 8.05. The second-order valence-electron chi connectivity index (χ2n) is 4.30. The van der Waals surface area contributed by atoms with E-state index < -0.39 is 29.9 Å². The van der Waals surface area contributed by atoms with Gasteiger partial charge in [-0.25, -0.2) is 17.6 Å². The minimum Gasteiger partial charge on any atom is -0.382 e. The summed E-state index contributed by atoms with van der Waals surface area (Å²) in [5, 5.41) is 20.1. The molecule has 0 amide bonds. The first-order valence-corrected chi connectivity index (χ1v) is 5.96. The number of halogens is 4. The molecule has 1 rings (SSSR count). The second kappa shape index (κ2) is 9.20. The molecular weight excluding hydrogens is 318 g/mol. The molecule has 23 heavy (non-hydrogen) atoms. The SMILES string of the molecule is CN(C)C=C(C#N)C(=O)C(F)F.Cn1cc(C#N)c(C(F)F)n1. The van der Waals surface area contributed by atoms with Gasteiger partial charge in [0, 0.05) is 33.5 Å². The molecule has 124 valence electrons. The van der Waals surface area contributed by atoms with Crippen LogP contribution in [0, 0.1) is 22.7 Å². The van der Waals surface area contributed by atoms with Crippen molar-refractivity contribution in [2.24, 2.45) is 7.05 Å². The summed E-state index contributed by atoms with van der Waals surface area (Å²) in [6.07, 6.45) is -3.46. The van der Waals surface area contributed by atoms with Crippen LogP contribution in [0.5, 0.6) is 0 Å². The number of carbonyl (C=O) groups is 1. The van der Waals surface area contributed by atoms with Gasteiger partial charge in [-0.2, -0.15) is 15.6 Å². The lowest BCUT2D eigenvalue weighted by atomic mass is 10.2. The molecule has 0 aliphatic carbocycles. The highest BCUT2D eigenvalue weighted by molar-refractivity contribution is 6.01. The maximum atomic E-state index is 12.0. The fourth-order valence-electron chi connectivity index (χ4n) is 1.28. The zero-order chi connectivity index (χ0) is 18.2. The van der Waals surface area contributed by atoms with Crippen LogP contribution in [0.2, 0.25) is 0 Å². The van der Waals surface area contributed by atoms with E-state index in [1.165, 1.54) is 43.0 Å². The van der Waals surface area contributed by atoms with Crippen molar-refractivity contribution >= 4 is 5.78 Å². The highest BCUT2D eigenvalue weighted by atomic mass is 19.3. The number of aromatic nitrogens is 2. The van der Waals surface area contributed by atoms with E-state index in [9.17, 15) is 22.4 Å². The van der Waals surface area contributed by atoms with Gasteiger partial charge in [-0.1, -0.05) is 0 Å². The average Bonchev–Trinajstić information content (AvgIpc) is 2.85. The molecule has 0 atom stereocenters. The molecule has 1 aromatic heterocycles. The van der Waals surface area contributed by atoms with Gasteiger partial charge in [-0.15, -0.1) is 0 Å². The number of Topliss-reactive ketones (excluding diaryl/α,β-unsaturated/α-hetero) is 1. The minimum absolute atomic E-state index is 0.0671. The Bertz CT molecular complexity index is 652. The molecule has 10 heteroatoms. The standard InChI is InChI=1S/C7H8F2N2O.C6H5F2N3/c1-11(2)4-5(3-10)6(12)7(8)9;1-11-3-4(2-9)5(10-11)6(7)8/h4,7H,1-2H3;3,6H,1H3. The van der Waals surface area contributed by atoms with Gasteiger partial charge in [-0.3, -0.25) is 9.48 Å². The predicted octanol–water partition coefficient (Wildman–Crippen LogP) is 2.02. The molecule has 0 spiro atoms. The zero-order valence-electron chi connectivity index (χ0n) is 12.5. The van der Waals surface area contributed by atoms with E-state index in [1.54, 1.807) is 6.07 Å². The summed E-state index contributed by atoms with van der Waals surface area (Å²) in [6, 6.07) is 3.04. The Labute approximate surface area is 129 Å². The van der Waals surface area contributed by atoms with Crippen LogP contribution in [-0.4, -0.2) is 41.0 Å². The number of alkyl halides is 4. The fourth-order valence-corrected chi connectivity index (χ4v) is 1.28.